The highest BCUT2D eigenvalue weighted by atomic mass is 32.2. The van der Waals surface area contributed by atoms with Gasteiger partial charge < -0.3 is 0 Å². The molecule has 2 aromatic carbocycles. The van der Waals surface area contributed by atoms with Crippen molar-refractivity contribution in [3.8, 4) is 10.6 Å². The van der Waals surface area contributed by atoms with E-state index >= 15 is 0 Å². The molecule has 0 aliphatic heterocycles. The Morgan fingerprint density at radius 1 is 0.905 bits per heavy atom. The van der Waals surface area contributed by atoms with Crippen molar-refractivity contribution in [1.29, 1.82) is 0 Å². The third kappa shape index (κ3) is 2.75. The third-order valence-electron chi connectivity index (χ3n) is 3.08. The van der Waals surface area contributed by atoms with Gasteiger partial charge in [0.25, 0.3) is 0 Å². The van der Waals surface area contributed by atoms with Gasteiger partial charge in [0.15, 0.2) is 0 Å². The number of thiazole rings is 1. The molecule has 0 saturated heterocycles. The highest BCUT2D eigenvalue weighted by Crippen LogP contribution is 2.26. The smallest absolute Gasteiger partial charge is 0.206 e. The van der Waals surface area contributed by atoms with E-state index in [1.54, 1.807) is 65.9 Å². The van der Waals surface area contributed by atoms with Gasteiger partial charge in [-0.15, -0.1) is 11.3 Å². The van der Waals surface area contributed by atoms with Gasteiger partial charge >= 0.3 is 0 Å². The molecule has 0 unspecified atom stereocenters. The Morgan fingerprint density at radius 2 is 1.52 bits per heavy atom. The van der Waals surface area contributed by atoms with Gasteiger partial charge in [-0.05, 0) is 31.2 Å². The topological polar surface area (TPSA) is 47.0 Å². The van der Waals surface area contributed by atoms with Crippen molar-refractivity contribution in [2.75, 3.05) is 0 Å². The van der Waals surface area contributed by atoms with Gasteiger partial charge in [0.2, 0.25) is 9.84 Å². The fraction of sp³-hybridized carbons (Fsp3) is 0.0625. The molecular formula is C16H13NO2S2. The fourth-order valence-electron chi connectivity index (χ4n) is 2.00. The minimum absolute atomic E-state index is 0.297. The van der Waals surface area contributed by atoms with Crippen molar-refractivity contribution in [3.05, 3.63) is 65.7 Å². The Morgan fingerprint density at radius 3 is 2.10 bits per heavy atom. The van der Waals surface area contributed by atoms with E-state index in [2.05, 4.69) is 4.98 Å². The van der Waals surface area contributed by atoms with Gasteiger partial charge in [0.1, 0.15) is 5.01 Å². The second kappa shape index (κ2) is 5.42. The molecule has 0 aliphatic rings. The molecule has 1 aromatic heterocycles. The second-order valence-corrected chi connectivity index (χ2v) is 7.44. The number of sulfone groups is 1. The molecule has 5 heteroatoms. The van der Waals surface area contributed by atoms with Crippen LogP contribution in [0.25, 0.3) is 10.6 Å². The van der Waals surface area contributed by atoms with Crippen LogP contribution in [-0.2, 0) is 9.84 Å². The summed E-state index contributed by atoms with van der Waals surface area (Å²) >= 11 is 1.55. The first-order valence-corrected chi connectivity index (χ1v) is 8.76. The van der Waals surface area contributed by atoms with Gasteiger partial charge in [-0.25, -0.2) is 13.4 Å². The van der Waals surface area contributed by atoms with E-state index in [-0.39, 0.29) is 0 Å². The molecule has 1 heterocycles. The van der Waals surface area contributed by atoms with Crippen LogP contribution in [-0.4, -0.2) is 13.4 Å². The molecule has 0 aliphatic carbocycles. The number of hydrogen-bond donors (Lipinski definition) is 0. The van der Waals surface area contributed by atoms with Crippen molar-refractivity contribution < 1.29 is 8.42 Å². The molecule has 3 rings (SSSR count). The summed E-state index contributed by atoms with van der Waals surface area (Å²) in [7, 11) is -3.45. The van der Waals surface area contributed by atoms with Crippen LogP contribution in [0.5, 0.6) is 0 Å². The molecular weight excluding hydrogens is 302 g/mol. The minimum atomic E-state index is -3.45. The molecule has 0 amide bonds. The number of aromatic nitrogens is 1. The van der Waals surface area contributed by atoms with Crippen molar-refractivity contribution in [2.45, 2.75) is 16.7 Å². The molecule has 0 atom stereocenters. The van der Waals surface area contributed by atoms with Gasteiger partial charge in [0.05, 0.1) is 9.79 Å². The number of rotatable bonds is 3. The first-order valence-electron chi connectivity index (χ1n) is 6.40. The van der Waals surface area contributed by atoms with Crippen LogP contribution in [0.1, 0.15) is 5.69 Å². The van der Waals surface area contributed by atoms with Crippen molar-refractivity contribution in [3.63, 3.8) is 0 Å². The Bertz CT molecular complexity index is 851. The summed E-state index contributed by atoms with van der Waals surface area (Å²) in [6, 6.07) is 15.3. The quantitative estimate of drug-likeness (QED) is 0.735. The maximum atomic E-state index is 12.5. The molecule has 106 valence electrons. The van der Waals surface area contributed by atoms with E-state index in [0.717, 1.165) is 16.3 Å². The van der Waals surface area contributed by atoms with E-state index in [0.29, 0.717) is 9.79 Å². The van der Waals surface area contributed by atoms with Crippen LogP contribution in [0.2, 0.25) is 0 Å². The number of nitrogens with zero attached hydrogens (tertiary/aromatic N) is 1. The summed E-state index contributed by atoms with van der Waals surface area (Å²) in [4.78, 5) is 5.01. The van der Waals surface area contributed by atoms with Crippen molar-refractivity contribution in [2.24, 2.45) is 0 Å². The highest BCUT2D eigenvalue weighted by Gasteiger charge is 2.17. The maximum Gasteiger partial charge on any atom is 0.206 e. The van der Waals surface area contributed by atoms with E-state index in [9.17, 15) is 8.42 Å². The molecule has 0 fully saturated rings. The van der Waals surface area contributed by atoms with Gasteiger partial charge in [-0.3, -0.25) is 0 Å². The predicted molar refractivity (Wildman–Crippen MR) is 84.2 cm³/mol. The number of aryl methyl sites for hydroxylation is 1. The van der Waals surface area contributed by atoms with E-state index in [1.807, 2.05) is 12.3 Å². The average Bonchev–Trinajstić information content (AvgIpc) is 2.95. The van der Waals surface area contributed by atoms with Crippen LogP contribution in [0, 0.1) is 6.92 Å². The zero-order chi connectivity index (χ0) is 14.9. The third-order valence-corrected chi connectivity index (χ3v) is 5.88. The second-order valence-electron chi connectivity index (χ2n) is 4.63. The zero-order valence-corrected chi connectivity index (χ0v) is 13.0. The lowest BCUT2D eigenvalue weighted by Crippen LogP contribution is -2.01. The van der Waals surface area contributed by atoms with Crippen LogP contribution in [0.15, 0.2) is 69.8 Å². The number of benzene rings is 2. The van der Waals surface area contributed by atoms with Gasteiger partial charge in [0, 0.05) is 16.6 Å². The van der Waals surface area contributed by atoms with Crippen molar-refractivity contribution in [1.82, 2.24) is 4.98 Å². The van der Waals surface area contributed by atoms with E-state index in [1.165, 1.54) is 0 Å². The largest absolute Gasteiger partial charge is 0.241 e. The SMILES string of the molecule is Cc1csc(-c2ccc(S(=O)(=O)c3ccccc3)cc2)n1. The number of hydrogen-bond acceptors (Lipinski definition) is 4. The van der Waals surface area contributed by atoms with Crippen LogP contribution in [0.4, 0.5) is 0 Å². The molecule has 0 N–H and O–H groups in total. The summed E-state index contributed by atoms with van der Waals surface area (Å²) in [6.07, 6.45) is 0. The van der Waals surface area contributed by atoms with Gasteiger partial charge in [-0.1, -0.05) is 30.3 Å². The lowest BCUT2D eigenvalue weighted by molar-refractivity contribution is 0.596. The monoisotopic (exact) mass is 315 g/mol. The van der Waals surface area contributed by atoms with Crippen molar-refractivity contribution >= 4 is 21.2 Å². The van der Waals surface area contributed by atoms with E-state index in [4.69, 9.17) is 0 Å². The Labute approximate surface area is 127 Å². The summed E-state index contributed by atoms with van der Waals surface area (Å²) in [6.45, 7) is 1.94. The predicted octanol–water partition coefficient (Wildman–Crippen LogP) is 3.95. The highest BCUT2D eigenvalue weighted by molar-refractivity contribution is 7.91. The molecule has 0 spiro atoms. The lowest BCUT2D eigenvalue weighted by atomic mass is 10.2. The van der Waals surface area contributed by atoms with Crippen LogP contribution in [0.3, 0.4) is 0 Å². The molecule has 0 saturated carbocycles. The zero-order valence-electron chi connectivity index (χ0n) is 11.4. The molecule has 3 aromatic rings. The first-order chi connectivity index (χ1) is 10.1. The normalized spacial score (nSPS) is 11.5. The fourth-order valence-corrected chi connectivity index (χ4v) is 4.08. The Hall–Kier alpha value is -1.98. The first kappa shape index (κ1) is 14.0. The van der Waals surface area contributed by atoms with Crippen LogP contribution < -0.4 is 0 Å². The maximum absolute atomic E-state index is 12.5. The standard InChI is InChI=1S/C16H13NO2S2/c1-12-11-20-16(17-12)13-7-9-15(10-8-13)21(18,19)14-5-3-2-4-6-14/h2-11H,1H3. The summed E-state index contributed by atoms with van der Waals surface area (Å²) in [5, 5.41) is 2.88. The molecule has 21 heavy (non-hydrogen) atoms. The molecule has 3 nitrogen and oxygen atoms in total. The molecule has 0 bridgehead atoms. The summed E-state index contributed by atoms with van der Waals surface area (Å²) in [5.74, 6) is 0. The average molecular weight is 315 g/mol. The lowest BCUT2D eigenvalue weighted by Gasteiger charge is -2.05. The van der Waals surface area contributed by atoms with Crippen LogP contribution >= 0.6 is 11.3 Å². The summed E-state index contributed by atoms with van der Waals surface area (Å²) < 4.78 is 24.9. The Kier molecular flexibility index (Phi) is 3.61. The Balaban J connectivity index is 1.98. The minimum Gasteiger partial charge on any atom is -0.241 e. The summed E-state index contributed by atoms with van der Waals surface area (Å²) in [5.41, 5.74) is 1.90. The van der Waals surface area contributed by atoms with E-state index < -0.39 is 9.84 Å². The van der Waals surface area contributed by atoms with Gasteiger partial charge in [-0.2, -0.15) is 0 Å². The molecule has 0 radical (unpaired) electrons.